The lowest BCUT2D eigenvalue weighted by Crippen LogP contribution is -2.30. The van der Waals surface area contributed by atoms with Crippen molar-refractivity contribution in [1.29, 1.82) is 0 Å². The minimum Gasteiger partial charge on any atom is -0.416 e. The summed E-state index contributed by atoms with van der Waals surface area (Å²) in [6.45, 7) is 2.53. The van der Waals surface area contributed by atoms with Gasteiger partial charge >= 0.3 is 5.84 Å². The summed E-state index contributed by atoms with van der Waals surface area (Å²) in [4.78, 5) is 19.6. The molecule has 1 unspecified atom stereocenters. The van der Waals surface area contributed by atoms with Gasteiger partial charge in [0, 0.05) is 12.1 Å². The Labute approximate surface area is 172 Å². The molecule has 1 aliphatic heterocycles. The van der Waals surface area contributed by atoms with Gasteiger partial charge in [0.05, 0.1) is 16.8 Å². The summed E-state index contributed by atoms with van der Waals surface area (Å²) >= 11 is 6.25. The molecule has 4 aromatic rings. The largest absolute Gasteiger partial charge is 0.416 e. The quantitative estimate of drug-likeness (QED) is 0.484. The van der Waals surface area contributed by atoms with E-state index < -0.39 is 0 Å². The van der Waals surface area contributed by atoms with E-state index in [1.54, 1.807) is 10.6 Å². The lowest BCUT2D eigenvalue weighted by molar-refractivity contribution is 0.0704. The first-order valence-electron chi connectivity index (χ1n) is 9.60. The molecule has 146 valence electrons. The van der Waals surface area contributed by atoms with Gasteiger partial charge in [-0.2, -0.15) is 9.50 Å². The molecule has 5 rings (SSSR count). The van der Waals surface area contributed by atoms with E-state index in [0.717, 1.165) is 24.0 Å². The molecule has 1 amide bonds. The van der Waals surface area contributed by atoms with Crippen LogP contribution in [-0.4, -0.2) is 31.9 Å². The highest BCUT2D eigenvalue weighted by atomic mass is 35.5. The zero-order chi connectivity index (χ0) is 20.0. The second-order valence-corrected chi connectivity index (χ2v) is 7.60. The van der Waals surface area contributed by atoms with Gasteiger partial charge in [0.2, 0.25) is 5.76 Å². The Morgan fingerprint density at radius 3 is 2.66 bits per heavy atom. The van der Waals surface area contributed by atoms with E-state index in [9.17, 15) is 4.79 Å². The third-order valence-corrected chi connectivity index (χ3v) is 5.75. The maximum atomic E-state index is 13.3. The minimum atomic E-state index is -0.125. The number of halogens is 1. The summed E-state index contributed by atoms with van der Waals surface area (Å²) in [7, 11) is 0. The molecule has 7 heteroatoms. The Bertz CT molecular complexity index is 1200. The molecule has 1 aliphatic rings. The van der Waals surface area contributed by atoms with Crippen LogP contribution in [0.15, 0.2) is 59.0 Å². The summed E-state index contributed by atoms with van der Waals surface area (Å²) < 4.78 is 7.42. The van der Waals surface area contributed by atoms with Crippen molar-refractivity contribution in [2.45, 2.75) is 25.8 Å². The molecule has 6 nitrogen and oxygen atoms in total. The maximum absolute atomic E-state index is 13.3. The highest BCUT2D eigenvalue weighted by molar-refractivity contribution is 6.33. The van der Waals surface area contributed by atoms with Crippen molar-refractivity contribution in [1.82, 2.24) is 19.5 Å². The Morgan fingerprint density at radius 1 is 1.14 bits per heavy atom. The van der Waals surface area contributed by atoms with Gasteiger partial charge in [-0.05, 0) is 37.5 Å². The van der Waals surface area contributed by atoms with E-state index in [1.165, 1.54) is 0 Å². The molecule has 0 aliphatic carbocycles. The van der Waals surface area contributed by atoms with E-state index in [4.69, 9.17) is 16.0 Å². The molecule has 0 N–H and O–H groups in total. The van der Waals surface area contributed by atoms with Crippen molar-refractivity contribution in [3.8, 4) is 11.4 Å². The van der Waals surface area contributed by atoms with E-state index in [0.29, 0.717) is 23.1 Å². The van der Waals surface area contributed by atoms with Crippen LogP contribution in [0.3, 0.4) is 0 Å². The van der Waals surface area contributed by atoms with Gasteiger partial charge in [-0.1, -0.05) is 54.1 Å². The highest BCUT2D eigenvalue weighted by Gasteiger charge is 2.34. The van der Waals surface area contributed by atoms with E-state index in [1.807, 2.05) is 48.2 Å². The van der Waals surface area contributed by atoms with Crippen LogP contribution in [0, 0.1) is 6.92 Å². The number of fused-ring (bicyclic) bond motifs is 1. The number of aromatic nitrogens is 3. The first kappa shape index (κ1) is 17.9. The summed E-state index contributed by atoms with van der Waals surface area (Å²) in [5.74, 6) is 0.921. The number of aryl methyl sites for hydroxylation is 1. The van der Waals surface area contributed by atoms with E-state index in [-0.39, 0.29) is 23.6 Å². The van der Waals surface area contributed by atoms with Crippen molar-refractivity contribution in [2.75, 3.05) is 6.54 Å². The number of hydrogen-bond donors (Lipinski definition) is 0. The standard InChI is InChI=1S/C22H19ClN4O2/c1-14-19(21(28)26-13-7-12-18(26)15-8-3-2-4-9-15)29-22-24-20(25-27(14)22)16-10-5-6-11-17(16)23/h2-6,8-11,18H,7,12-13H2,1H3. The molecule has 1 fully saturated rings. The van der Waals surface area contributed by atoms with Gasteiger partial charge in [-0.3, -0.25) is 4.79 Å². The summed E-state index contributed by atoms with van der Waals surface area (Å²) in [6.07, 6.45) is 1.92. The summed E-state index contributed by atoms with van der Waals surface area (Å²) in [6, 6.07) is 17.6. The molecule has 1 saturated heterocycles. The number of carbonyl (C=O) groups excluding carboxylic acids is 1. The van der Waals surface area contributed by atoms with E-state index in [2.05, 4.69) is 22.2 Å². The normalized spacial score (nSPS) is 16.6. The number of nitrogens with zero attached hydrogens (tertiary/aromatic N) is 4. The van der Waals surface area contributed by atoms with Crippen LogP contribution in [0.25, 0.3) is 17.2 Å². The molecule has 0 spiro atoms. The average molecular weight is 407 g/mol. The number of amides is 1. The average Bonchev–Trinajstić information content (AvgIpc) is 3.45. The van der Waals surface area contributed by atoms with Crippen molar-refractivity contribution < 1.29 is 9.21 Å². The lowest BCUT2D eigenvalue weighted by Gasteiger charge is -2.24. The number of hydrogen-bond acceptors (Lipinski definition) is 4. The molecular formula is C22H19ClN4O2. The zero-order valence-electron chi connectivity index (χ0n) is 15.9. The van der Waals surface area contributed by atoms with E-state index >= 15 is 0 Å². The van der Waals surface area contributed by atoms with Gasteiger partial charge in [-0.25, -0.2) is 0 Å². The fourth-order valence-corrected chi connectivity index (χ4v) is 4.18. The van der Waals surface area contributed by atoms with Gasteiger partial charge in [0.15, 0.2) is 5.82 Å². The number of carbonyl (C=O) groups is 1. The first-order chi connectivity index (χ1) is 14.1. The molecule has 0 bridgehead atoms. The molecule has 2 aromatic carbocycles. The molecule has 0 saturated carbocycles. The third-order valence-electron chi connectivity index (χ3n) is 5.42. The van der Waals surface area contributed by atoms with Crippen molar-refractivity contribution in [3.05, 3.63) is 76.6 Å². The number of likely N-dealkylation sites (tertiary alicyclic amines) is 1. The first-order valence-corrected chi connectivity index (χ1v) is 9.98. The monoisotopic (exact) mass is 406 g/mol. The third kappa shape index (κ3) is 3.00. The Hall–Kier alpha value is -3.12. The summed E-state index contributed by atoms with van der Waals surface area (Å²) in [5.41, 5.74) is 2.50. The SMILES string of the molecule is Cc1c(C(=O)N2CCCC2c2ccccc2)oc2nc(-c3ccccc3Cl)nn12. The van der Waals surface area contributed by atoms with Crippen LogP contribution in [0.2, 0.25) is 5.02 Å². The number of oxazole rings is 1. The molecule has 3 heterocycles. The molecule has 1 atom stereocenters. The fraction of sp³-hybridized carbons (Fsp3) is 0.227. The molecular weight excluding hydrogens is 388 g/mol. The smallest absolute Gasteiger partial charge is 0.325 e. The Balaban J connectivity index is 1.49. The molecule has 29 heavy (non-hydrogen) atoms. The zero-order valence-corrected chi connectivity index (χ0v) is 16.6. The maximum Gasteiger partial charge on any atom is 0.325 e. The Morgan fingerprint density at radius 2 is 1.90 bits per heavy atom. The van der Waals surface area contributed by atoms with Gasteiger partial charge in [0.1, 0.15) is 0 Å². The predicted molar refractivity (Wildman–Crippen MR) is 110 cm³/mol. The second-order valence-electron chi connectivity index (χ2n) is 7.19. The van der Waals surface area contributed by atoms with Crippen LogP contribution in [0.4, 0.5) is 0 Å². The van der Waals surface area contributed by atoms with Crippen molar-refractivity contribution in [2.24, 2.45) is 0 Å². The number of rotatable bonds is 3. The minimum absolute atomic E-state index is 0.0622. The van der Waals surface area contributed by atoms with Crippen molar-refractivity contribution >= 4 is 23.4 Å². The Kier molecular flexibility index (Phi) is 4.36. The van der Waals surface area contributed by atoms with Crippen LogP contribution in [-0.2, 0) is 0 Å². The molecule has 0 radical (unpaired) electrons. The topological polar surface area (TPSA) is 63.6 Å². The lowest BCUT2D eigenvalue weighted by atomic mass is 10.0. The fourth-order valence-electron chi connectivity index (χ4n) is 3.96. The van der Waals surface area contributed by atoms with Crippen molar-refractivity contribution in [3.63, 3.8) is 0 Å². The van der Waals surface area contributed by atoms with Crippen LogP contribution in [0.1, 0.15) is 40.7 Å². The van der Waals surface area contributed by atoms with Gasteiger partial charge in [-0.15, -0.1) is 5.10 Å². The number of benzene rings is 2. The van der Waals surface area contributed by atoms with Crippen LogP contribution >= 0.6 is 11.6 Å². The second kappa shape index (κ2) is 7.04. The predicted octanol–water partition coefficient (Wildman–Crippen LogP) is 4.93. The van der Waals surface area contributed by atoms with Gasteiger partial charge < -0.3 is 9.32 Å². The van der Waals surface area contributed by atoms with Crippen LogP contribution < -0.4 is 0 Å². The van der Waals surface area contributed by atoms with Crippen LogP contribution in [0.5, 0.6) is 0 Å². The van der Waals surface area contributed by atoms with Gasteiger partial charge in [0.25, 0.3) is 5.91 Å². The highest BCUT2D eigenvalue weighted by Crippen LogP contribution is 2.34. The molecule has 2 aromatic heterocycles. The summed E-state index contributed by atoms with van der Waals surface area (Å²) in [5, 5.41) is 5.07.